The molecule has 0 aromatic heterocycles. The van der Waals surface area contributed by atoms with Gasteiger partial charge in [0.25, 0.3) is 0 Å². The zero-order valence-corrected chi connectivity index (χ0v) is 38.0. The van der Waals surface area contributed by atoms with Crippen LogP contribution in [0.3, 0.4) is 0 Å². The Hall–Kier alpha value is -2.19. The van der Waals surface area contributed by atoms with E-state index in [1.165, 1.54) is 141 Å². The number of quaternary nitrogens is 1. The molecule has 0 saturated heterocycles. The second-order valence-corrected chi connectivity index (χ2v) is 17.4. The third-order valence-corrected chi connectivity index (χ3v) is 10.8. The van der Waals surface area contributed by atoms with E-state index in [0.717, 1.165) is 44.9 Å². The van der Waals surface area contributed by atoms with Gasteiger partial charge >= 0.3 is 11.9 Å². The number of carbonyl (C=O) groups is 3. The third kappa shape index (κ3) is 39.1. The predicted octanol–water partition coefficient (Wildman–Crippen LogP) is 11.9. The van der Waals surface area contributed by atoms with Crippen LogP contribution in [0, 0.1) is 0 Å². The molecule has 8 heteroatoms. The lowest BCUT2D eigenvalue weighted by Gasteiger charge is -2.34. The van der Waals surface area contributed by atoms with Gasteiger partial charge in [0.05, 0.1) is 40.3 Å². The first-order valence-electron chi connectivity index (χ1n) is 23.9. The molecule has 2 unspecified atom stereocenters. The van der Waals surface area contributed by atoms with Crippen molar-refractivity contribution in [3.8, 4) is 0 Å². The van der Waals surface area contributed by atoms with Gasteiger partial charge < -0.3 is 28.6 Å². The average molecular weight is 806 g/mol. The molecule has 0 aliphatic carbocycles. The Morgan fingerprint density at radius 2 is 0.930 bits per heavy atom. The number of rotatable bonds is 43. The minimum absolute atomic E-state index is 0.0431. The Balaban J connectivity index is 4.25. The highest BCUT2D eigenvalue weighted by Crippen LogP contribution is 2.15. The Labute approximate surface area is 351 Å². The molecule has 0 saturated carbocycles. The minimum atomic E-state index is -1.12. The van der Waals surface area contributed by atoms with Gasteiger partial charge in [0, 0.05) is 19.3 Å². The lowest BCUT2D eigenvalue weighted by molar-refractivity contribution is -0.889. The van der Waals surface area contributed by atoms with E-state index in [1.54, 1.807) is 21.1 Å². The maximum Gasteiger partial charge on any atom is 0.306 e. The first-order chi connectivity index (χ1) is 27.6. The van der Waals surface area contributed by atoms with Crippen molar-refractivity contribution in [2.75, 3.05) is 41.0 Å². The van der Waals surface area contributed by atoms with Gasteiger partial charge in [-0.25, -0.2) is 0 Å². The van der Waals surface area contributed by atoms with Gasteiger partial charge in [-0.15, -0.1) is 0 Å². The number of hydrogen-bond acceptors (Lipinski definition) is 7. The molecule has 0 radical (unpaired) electrons. The van der Waals surface area contributed by atoms with Gasteiger partial charge in [-0.2, -0.15) is 0 Å². The topological polar surface area (TPSA) is 102 Å². The van der Waals surface area contributed by atoms with E-state index >= 15 is 0 Å². The van der Waals surface area contributed by atoms with Crippen LogP contribution in [0.15, 0.2) is 24.3 Å². The molecule has 57 heavy (non-hydrogen) atoms. The van der Waals surface area contributed by atoms with Crippen molar-refractivity contribution in [3.05, 3.63) is 24.3 Å². The van der Waals surface area contributed by atoms with Crippen LogP contribution in [0.1, 0.15) is 219 Å². The SMILES string of the molecule is CCCCCCC/C=C\C/C=C\CCCCCCCCCCCC(=O)OC(COCCC(C(=O)[O-])[N+](C)(C)C)COC(=O)CCCCCCCCCCCCCC. The van der Waals surface area contributed by atoms with Gasteiger partial charge in [0.1, 0.15) is 12.6 Å². The van der Waals surface area contributed by atoms with Crippen LogP contribution in [0.25, 0.3) is 0 Å². The zero-order chi connectivity index (χ0) is 42.1. The summed E-state index contributed by atoms with van der Waals surface area (Å²) in [6, 6.07) is -0.723. The molecule has 0 aromatic carbocycles. The van der Waals surface area contributed by atoms with Crippen LogP contribution in [-0.2, 0) is 28.6 Å². The van der Waals surface area contributed by atoms with Crippen molar-refractivity contribution >= 4 is 17.9 Å². The summed E-state index contributed by atoms with van der Waals surface area (Å²) < 4.78 is 17.2. The molecule has 0 N–H and O–H groups in total. The van der Waals surface area contributed by atoms with Crippen LogP contribution in [0.5, 0.6) is 0 Å². The van der Waals surface area contributed by atoms with Crippen LogP contribution < -0.4 is 5.11 Å². The van der Waals surface area contributed by atoms with E-state index in [9.17, 15) is 19.5 Å². The van der Waals surface area contributed by atoms with Crippen LogP contribution in [0.2, 0.25) is 0 Å². The number of esters is 2. The van der Waals surface area contributed by atoms with Crippen LogP contribution in [-0.4, -0.2) is 75.5 Å². The molecule has 0 aromatic rings. The number of allylic oxidation sites excluding steroid dienone is 4. The Kier molecular flexibility index (Phi) is 39.0. The highest BCUT2D eigenvalue weighted by Gasteiger charge is 2.25. The Bertz CT molecular complexity index is 989. The zero-order valence-electron chi connectivity index (χ0n) is 38.0. The number of hydrogen-bond donors (Lipinski definition) is 0. The Morgan fingerprint density at radius 3 is 1.35 bits per heavy atom. The van der Waals surface area contributed by atoms with E-state index < -0.39 is 18.1 Å². The summed E-state index contributed by atoms with van der Waals surface area (Å²) >= 11 is 0. The number of aliphatic carboxylic acids is 1. The number of ether oxygens (including phenoxy) is 3. The normalized spacial score (nSPS) is 13.1. The highest BCUT2D eigenvalue weighted by molar-refractivity contribution is 5.70. The number of carboxylic acids is 1. The standard InChI is InChI=1S/C49H91NO7/c1-6-8-10-12-14-16-18-20-21-22-23-24-25-26-27-28-30-32-34-36-38-40-48(52)57-45(43-55-42-41-46(49(53)54)50(3,4)5)44-56-47(51)39-37-35-33-31-29-19-17-15-13-11-9-7-2/h18,20,22-23,45-46H,6-17,19,21,24-44H2,1-5H3/b20-18-,23-22-. The summed E-state index contributed by atoms with van der Waals surface area (Å²) in [5, 5.41) is 11.6. The van der Waals surface area contributed by atoms with Gasteiger partial charge in [0.2, 0.25) is 0 Å². The van der Waals surface area contributed by atoms with Crippen molar-refractivity contribution in [1.82, 2.24) is 0 Å². The summed E-state index contributed by atoms with van der Waals surface area (Å²) in [5.41, 5.74) is 0. The summed E-state index contributed by atoms with van der Waals surface area (Å²) in [4.78, 5) is 36.9. The summed E-state index contributed by atoms with van der Waals surface area (Å²) in [5.74, 6) is -1.73. The van der Waals surface area contributed by atoms with E-state index in [0.29, 0.717) is 12.8 Å². The molecule has 0 aliphatic heterocycles. The number of nitrogens with zero attached hydrogens (tertiary/aromatic N) is 1. The second-order valence-electron chi connectivity index (χ2n) is 17.4. The molecule has 0 rings (SSSR count). The molecular weight excluding hydrogens is 715 g/mol. The van der Waals surface area contributed by atoms with E-state index in [4.69, 9.17) is 14.2 Å². The average Bonchev–Trinajstić information content (AvgIpc) is 3.17. The monoisotopic (exact) mass is 806 g/mol. The van der Waals surface area contributed by atoms with Crippen molar-refractivity contribution in [2.45, 2.75) is 231 Å². The van der Waals surface area contributed by atoms with Crippen molar-refractivity contribution < 1.29 is 38.2 Å². The van der Waals surface area contributed by atoms with E-state index in [-0.39, 0.29) is 42.7 Å². The van der Waals surface area contributed by atoms with Crippen LogP contribution >= 0.6 is 0 Å². The van der Waals surface area contributed by atoms with Gasteiger partial charge in [-0.3, -0.25) is 9.59 Å². The first kappa shape index (κ1) is 54.8. The lowest BCUT2D eigenvalue weighted by atomic mass is 10.0. The van der Waals surface area contributed by atoms with Crippen molar-refractivity contribution in [1.29, 1.82) is 0 Å². The molecule has 8 nitrogen and oxygen atoms in total. The fourth-order valence-corrected chi connectivity index (χ4v) is 7.10. The van der Waals surface area contributed by atoms with Gasteiger partial charge in [-0.05, 0) is 44.9 Å². The molecular formula is C49H91NO7. The number of unbranched alkanes of at least 4 members (excludes halogenated alkanes) is 25. The number of carbonyl (C=O) groups excluding carboxylic acids is 3. The smallest absolute Gasteiger partial charge is 0.306 e. The Morgan fingerprint density at radius 1 is 0.526 bits per heavy atom. The number of carboxylic acid groups (broad SMARTS) is 1. The molecule has 0 bridgehead atoms. The van der Waals surface area contributed by atoms with Crippen molar-refractivity contribution in [2.24, 2.45) is 0 Å². The predicted molar refractivity (Wildman–Crippen MR) is 236 cm³/mol. The first-order valence-corrected chi connectivity index (χ1v) is 23.9. The quantitative estimate of drug-likeness (QED) is 0.0262. The number of likely N-dealkylation sites (N-methyl/N-ethyl adjacent to an activating group) is 1. The van der Waals surface area contributed by atoms with Crippen LogP contribution in [0.4, 0.5) is 0 Å². The van der Waals surface area contributed by atoms with Crippen molar-refractivity contribution in [3.63, 3.8) is 0 Å². The molecule has 0 aliphatic rings. The molecule has 0 spiro atoms. The highest BCUT2D eigenvalue weighted by atomic mass is 16.6. The fourth-order valence-electron chi connectivity index (χ4n) is 7.10. The molecule has 334 valence electrons. The minimum Gasteiger partial charge on any atom is -0.544 e. The molecule has 0 amide bonds. The molecule has 0 fully saturated rings. The maximum atomic E-state index is 12.7. The fraction of sp³-hybridized carbons (Fsp3) is 0.857. The summed E-state index contributed by atoms with van der Waals surface area (Å²) in [6.45, 7) is 4.66. The maximum absolute atomic E-state index is 12.7. The van der Waals surface area contributed by atoms with Gasteiger partial charge in [-0.1, -0.05) is 179 Å². The van der Waals surface area contributed by atoms with E-state index in [1.807, 2.05) is 0 Å². The second kappa shape index (κ2) is 40.6. The molecule has 0 heterocycles. The third-order valence-electron chi connectivity index (χ3n) is 10.8. The largest absolute Gasteiger partial charge is 0.544 e. The summed E-state index contributed by atoms with van der Waals surface area (Å²) in [6.07, 6.45) is 44.8. The van der Waals surface area contributed by atoms with E-state index in [2.05, 4.69) is 38.2 Å². The lowest BCUT2D eigenvalue weighted by Crippen LogP contribution is -2.55. The van der Waals surface area contributed by atoms with Gasteiger partial charge in [0.15, 0.2) is 6.10 Å². The summed E-state index contributed by atoms with van der Waals surface area (Å²) in [7, 11) is 5.41. The molecule has 2 atom stereocenters.